The molecule has 0 radical (unpaired) electrons. The standard InChI is InChI=1S/C13H10Cl2N2O/c14-10-6-7-11(15)17-12(10)13(18)16-8-9-4-2-1-3-5-9/h1-7H,8H2,(H,16,18). The molecule has 0 aliphatic rings. The third-order valence-corrected chi connectivity index (χ3v) is 2.84. The molecule has 5 heteroatoms. The van der Waals surface area contributed by atoms with Crippen molar-refractivity contribution >= 4 is 29.1 Å². The van der Waals surface area contributed by atoms with Gasteiger partial charge in [0.25, 0.3) is 5.91 Å². The molecule has 92 valence electrons. The minimum absolute atomic E-state index is 0.139. The number of hydrogen-bond acceptors (Lipinski definition) is 2. The summed E-state index contributed by atoms with van der Waals surface area (Å²) in [5, 5.41) is 3.26. The molecule has 0 aliphatic carbocycles. The van der Waals surface area contributed by atoms with Crippen molar-refractivity contribution in [2.75, 3.05) is 0 Å². The Balaban J connectivity index is 2.06. The number of pyridine rings is 1. The molecule has 1 aromatic carbocycles. The highest BCUT2D eigenvalue weighted by Gasteiger charge is 2.12. The molecule has 0 atom stereocenters. The zero-order chi connectivity index (χ0) is 13.0. The molecular formula is C13H10Cl2N2O. The number of aromatic nitrogens is 1. The molecule has 1 N–H and O–H groups in total. The molecule has 0 aliphatic heterocycles. The molecule has 1 aromatic heterocycles. The molecule has 3 nitrogen and oxygen atoms in total. The summed E-state index contributed by atoms with van der Waals surface area (Å²) < 4.78 is 0. The Hall–Kier alpha value is -1.58. The minimum Gasteiger partial charge on any atom is -0.347 e. The predicted molar refractivity (Wildman–Crippen MR) is 71.9 cm³/mol. The van der Waals surface area contributed by atoms with Crippen molar-refractivity contribution in [2.24, 2.45) is 0 Å². The lowest BCUT2D eigenvalue weighted by Gasteiger charge is -2.06. The van der Waals surface area contributed by atoms with E-state index in [1.54, 1.807) is 6.07 Å². The van der Waals surface area contributed by atoms with E-state index in [1.165, 1.54) is 6.07 Å². The van der Waals surface area contributed by atoms with Crippen molar-refractivity contribution in [3.05, 3.63) is 63.9 Å². The van der Waals surface area contributed by atoms with Gasteiger partial charge in [0, 0.05) is 6.54 Å². The highest BCUT2D eigenvalue weighted by atomic mass is 35.5. The van der Waals surface area contributed by atoms with Crippen LogP contribution in [0.4, 0.5) is 0 Å². The van der Waals surface area contributed by atoms with E-state index in [2.05, 4.69) is 10.3 Å². The molecule has 0 bridgehead atoms. The third kappa shape index (κ3) is 3.22. The molecule has 1 heterocycles. The molecule has 0 saturated carbocycles. The number of nitrogens with one attached hydrogen (secondary N) is 1. The average molecular weight is 281 g/mol. The number of nitrogens with zero attached hydrogens (tertiary/aromatic N) is 1. The fourth-order valence-electron chi connectivity index (χ4n) is 1.44. The van der Waals surface area contributed by atoms with Gasteiger partial charge in [-0.25, -0.2) is 4.98 Å². The zero-order valence-corrected chi connectivity index (χ0v) is 10.9. The van der Waals surface area contributed by atoms with Gasteiger partial charge in [-0.1, -0.05) is 53.5 Å². The summed E-state index contributed by atoms with van der Waals surface area (Å²) in [6.45, 7) is 0.421. The van der Waals surface area contributed by atoms with Gasteiger partial charge in [-0.05, 0) is 17.7 Å². The summed E-state index contributed by atoms with van der Waals surface area (Å²) in [7, 11) is 0. The van der Waals surface area contributed by atoms with E-state index in [9.17, 15) is 4.79 Å². The van der Waals surface area contributed by atoms with Gasteiger partial charge in [-0.3, -0.25) is 4.79 Å². The van der Waals surface area contributed by atoms with Gasteiger partial charge in [0.15, 0.2) is 0 Å². The topological polar surface area (TPSA) is 42.0 Å². The first kappa shape index (κ1) is 12.9. The van der Waals surface area contributed by atoms with E-state index < -0.39 is 0 Å². The van der Waals surface area contributed by atoms with Crippen molar-refractivity contribution < 1.29 is 4.79 Å². The second-order valence-electron chi connectivity index (χ2n) is 3.63. The number of benzene rings is 1. The van der Waals surface area contributed by atoms with Crippen molar-refractivity contribution in [1.82, 2.24) is 10.3 Å². The number of carbonyl (C=O) groups excluding carboxylic acids is 1. The van der Waals surface area contributed by atoms with E-state index in [0.717, 1.165) is 5.56 Å². The van der Waals surface area contributed by atoms with Crippen LogP contribution in [0.5, 0.6) is 0 Å². The number of carbonyl (C=O) groups is 1. The first-order valence-corrected chi connectivity index (χ1v) is 6.06. The normalized spacial score (nSPS) is 10.1. The van der Waals surface area contributed by atoms with Gasteiger partial charge < -0.3 is 5.32 Å². The summed E-state index contributed by atoms with van der Waals surface area (Å²) in [5.74, 6) is -0.341. The summed E-state index contributed by atoms with van der Waals surface area (Å²) >= 11 is 11.6. The van der Waals surface area contributed by atoms with Crippen LogP contribution in [0.25, 0.3) is 0 Å². The highest BCUT2D eigenvalue weighted by molar-refractivity contribution is 6.34. The second kappa shape index (κ2) is 5.85. The van der Waals surface area contributed by atoms with E-state index in [4.69, 9.17) is 23.2 Å². The zero-order valence-electron chi connectivity index (χ0n) is 9.36. The lowest BCUT2D eigenvalue weighted by molar-refractivity contribution is 0.0946. The monoisotopic (exact) mass is 280 g/mol. The molecule has 0 fully saturated rings. The van der Waals surface area contributed by atoms with Gasteiger partial charge in [0.1, 0.15) is 10.8 Å². The Morgan fingerprint density at radius 3 is 2.56 bits per heavy atom. The van der Waals surface area contributed by atoms with Crippen LogP contribution in [0.1, 0.15) is 16.1 Å². The van der Waals surface area contributed by atoms with Crippen LogP contribution >= 0.6 is 23.2 Å². The summed E-state index contributed by atoms with van der Waals surface area (Å²) in [4.78, 5) is 15.8. The van der Waals surface area contributed by atoms with Crippen molar-refractivity contribution in [1.29, 1.82) is 0 Å². The highest BCUT2D eigenvalue weighted by Crippen LogP contribution is 2.16. The Morgan fingerprint density at radius 1 is 1.11 bits per heavy atom. The first-order valence-electron chi connectivity index (χ1n) is 5.31. The SMILES string of the molecule is O=C(NCc1ccccc1)c1nc(Cl)ccc1Cl. The summed E-state index contributed by atoms with van der Waals surface area (Å²) in [6.07, 6.45) is 0. The third-order valence-electron chi connectivity index (χ3n) is 2.32. The number of hydrogen-bond donors (Lipinski definition) is 1. The predicted octanol–water partition coefficient (Wildman–Crippen LogP) is 3.32. The minimum atomic E-state index is -0.341. The fourth-order valence-corrected chi connectivity index (χ4v) is 1.78. The number of rotatable bonds is 3. The van der Waals surface area contributed by atoms with Gasteiger partial charge in [0.2, 0.25) is 0 Å². The van der Waals surface area contributed by atoms with E-state index in [-0.39, 0.29) is 21.8 Å². The average Bonchev–Trinajstić information content (AvgIpc) is 2.40. The molecule has 0 saturated heterocycles. The Bertz CT molecular complexity index is 558. The van der Waals surface area contributed by atoms with Crippen LogP contribution in [0, 0.1) is 0 Å². The second-order valence-corrected chi connectivity index (χ2v) is 4.43. The van der Waals surface area contributed by atoms with Crippen LogP contribution in [0.15, 0.2) is 42.5 Å². The molecule has 0 spiro atoms. The Kier molecular flexibility index (Phi) is 4.18. The van der Waals surface area contributed by atoms with Gasteiger partial charge in [0.05, 0.1) is 5.02 Å². The van der Waals surface area contributed by atoms with Crippen molar-refractivity contribution in [3.8, 4) is 0 Å². The first-order chi connectivity index (χ1) is 8.66. The van der Waals surface area contributed by atoms with Gasteiger partial charge in [-0.2, -0.15) is 0 Å². The van der Waals surface area contributed by atoms with E-state index in [0.29, 0.717) is 6.54 Å². The van der Waals surface area contributed by atoms with Crippen LogP contribution in [0.3, 0.4) is 0 Å². The van der Waals surface area contributed by atoms with Gasteiger partial charge >= 0.3 is 0 Å². The van der Waals surface area contributed by atoms with E-state index >= 15 is 0 Å². The number of halogens is 2. The summed E-state index contributed by atoms with van der Waals surface area (Å²) in [5.41, 5.74) is 1.14. The fraction of sp³-hybridized carbons (Fsp3) is 0.0769. The van der Waals surface area contributed by atoms with E-state index in [1.807, 2.05) is 30.3 Å². The quantitative estimate of drug-likeness (QED) is 0.877. The largest absolute Gasteiger partial charge is 0.347 e. The Morgan fingerprint density at radius 2 is 1.83 bits per heavy atom. The molecule has 2 rings (SSSR count). The number of amides is 1. The Labute approximate surface area is 115 Å². The molecule has 1 amide bonds. The molecule has 0 unspecified atom stereocenters. The van der Waals surface area contributed by atoms with Crippen molar-refractivity contribution in [3.63, 3.8) is 0 Å². The lowest BCUT2D eigenvalue weighted by atomic mass is 10.2. The van der Waals surface area contributed by atoms with Crippen LogP contribution < -0.4 is 5.32 Å². The summed E-state index contributed by atoms with van der Waals surface area (Å²) in [6, 6.07) is 12.7. The lowest BCUT2D eigenvalue weighted by Crippen LogP contribution is -2.24. The molecule has 18 heavy (non-hydrogen) atoms. The van der Waals surface area contributed by atoms with Crippen LogP contribution in [-0.4, -0.2) is 10.9 Å². The molecular weight excluding hydrogens is 271 g/mol. The molecule has 2 aromatic rings. The maximum atomic E-state index is 11.9. The van der Waals surface area contributed by atoms with Crippen LogP contribution in [0.2, 0.25) is 10.2 Å². The maximum Gasteiger partial charge on any atom is 0.271 e. The smallest absolute Gasteiger partial charge is 0.271 e. The maximum absolute atomic E-state index is 11.9. The van der Waals surface area contributed by atoms with Gasteiger partial charge in [-0.15, -0.1) is 0 Å². The van der Waals surface area contributed by atoms with Crippen LogP contribution in [-0.2, 0) is 6.54 Å². The van der Waals surface area contributed by atoms with Crippen molar-refractivity contribution in [2.45, 2.75) is 6.54 Å².